The SMILES string of the molecule is CCCC(CCC)Nc1ccc(Cl)c(C(=O)N(C)C)c1. The fraction of sp³-hybridized carbons (Fsp3) is 0.562. The van der Waals surface area contributed by atoms with Crippen LogP contribution in [-0.2, 0) is 0 Å². The van der Waals surface area contributed by atoms with Crippen LogP contribution in [0.15, 0.2) is 18.2 Å². The largest absolute Gasteiger partial charge is 0.382 e. The number of carbonyl (C=O) groups excluding carboxylic acids is 1. The molecule has 0 heterocycles. The predicted molar refractivity (Wildman–Crippen MR) is 86.7 cm³/mol. The highest BCUT2D eigenvalue weighted by Crippen LogP contribution is 2.23. The quantitative estimate of drug-likeness (QED) is 0.807. The maximum absolute atomic E-state index is 12.1. The summed E-state index contributed by atoms with van der Waals surface area (Å²) >= 11 is 6.12. The molecule has 0 radical (unpaired) electrons. The molecule has 0 aromatic heterocycles. The normalized spacial score (nSPS) is 10.7. The van der Waals surface area contributed by atoms with Crippen molar-refractivity contribution in [3.8, 4) is 0 Å². The van der Waals surface area contributed by atoms with Crippen LogP contribution in [0.4, 0.5) is 5.69 Å². The van der Waals surface area contributed by atoms with Crippen molar-refractivity contribution in [3.05, 3.63) is 28.8 Å². The van der Waals surface area contributed by atoms with E-state index in [1.807, 2.05) is 12.1 Å². The molecule has 0 spiro atoms. The van der Waals surface area contributed by atoms with Gasteiger partial charge in [-0.2, -0.15) is 0 Å². The number of nitrogens with one attached hydrogen (secondary N) is 1. The summed E-state index contributed by atoms with van der Waals surface area (Å²) in [5.74, 6) is -0.0683. The van der Waals surface area contributed by atoms with Gasteiger partial charge >= 0.3 is 0 Å². The van der Waals surface area contributed by atoms with E-state index in [4.69, 9.17) is 11.6 Å². The topological polar surface area (TPSA) is 32.3 Å². The van der Waals surface area contributed by atoms with Crippen LogP contribution in [-0.4, -0.2) is 30.9 Å². The summed E-state index contributed by atoms with van der Waals surface area (Å²) in [6, 6.07) is 6.03. The highest BCUT2D eigenvalue weighted by atomic mass is 35.5. The molecular weight excluding hydrogens is 272 g/mol. The van der Waals surface area contributed by atoms with Gasteiger partial charge in [0.1, 0.15) is 0 Å². The molecular formula is C16H25ClN2O. The Labute approximate surface area is 127 Å². The van der Waals surface area contributed by atoms with Gasteiger partial charge in [0, 0.05) is 25.8 Å². The van der Waals surface area contributed by atoms with Gasteiger partial charge in [0.25, 0.3) is 5.91 Å². The lowest BCUT2D eigenvalue weighted by molar-refractivity contribution is 0.0828. The summed E-state index contributed by atoms with van der Waals surface area (Å²) in [5, 5.41) is 4.01. The maximum atomic E-state index is 12.1. The van der Waals surface area contributed by atoms with Crippen molar-refractivity contribution >= 4 is 23.2 Å². The molecule has 1 amide bonds. The van der Waals surface area contributed by atoms with E-state index in [0.29, 0.717) is 16.6 Å². The van der Waals surface area contributed by atoms with E-state index in [1.54, 1.807) is 25.1 Å². The third-order valence-electron chi connectivity index (χ3n) is 3.25. The van der Waals surface area contributed by atoms with E-state index in [9.17, 15) is 4.79 Å². The monoisotopic (exact) mass is 296 g/mol. The van der Waals surface area contributed by atoms with Gasteiger partial charge < -0.3 is 10.2 Å². The second-order valence-corrected chi connectivity index (χ2v) is 5.72. The van der Waals surface area contributed by atoms with Gasteiger partial charge in [0.15, 0.2) is 0 Å². The molecule has 20 heavy (non-hydrogen) atoms. The molecule has 0 aliphatic rings. The van der Waals surface area contributed by atoms with Gasteiger partial charge in [-0.15, -0.1) is 0 Å². The molecule has 1 aromatic carbocycles. The molecule has 0 saturated heterocycles. The molecule has 0 aliphatic heterocycles. The number of benzene rings is 1. The van der Waals surface area contributed by atoms with Crippen molar-refractivity contribution < 1.29 is 4.79 Å². The Bertz CT molecular complexity index is 440. The van der Waals surface area contributed by atoms with E-state index in [-0.39, 0.29) is 5.91 Å². The molecule has 0 bridgehead atoms. The van der Waals surface area contributed by atoms with Crippen LogP contribution in [0, 0.1) is 0 Å². The van der Waals surface area contributed by atoms with Crippen molar-refractivity contribution in [3.63, 3.8) is 0 Å². The van der Waals surface area contributed by atoms with Gasteiger partial charge in [-0.05, 0) is 31.0 Å². The summed E-state index contributed by atoms with van der Waals surface area (Å²) in [4.78, 5) is 13.6. The zero-order valence-electron chi connectivity index (χ0n) is 12.9. The standard InChI is InChI=1S/C16H25ClN2O/c1-5-7-12(8-6-2)18-13-9-10-15(17)14(11-13)16(20)19(3)4/h9-12,18H,5-8H2,1-4H3. The first kappa shape index (κ1) is 16.8. The van der Waals surface area contributed by atoms with Crippen molar-refractivity contribution in [2.45, 2.75) is 45.6 Å². The summed E-state index contributed by atoms with van der Waals surface area (Å²) in [6.45, 7) is 4.38. The Kier molecular flexibility index (Phi) is 6.86. The lowest BCUT2D eigenvalue weighted by Crippen LogP contribution is -2.23. The van der Waals surface area contributed by atoms with E-state index < -0.39 is 0 Å². The van der Waals surface area contributed by atoms with Gasteiger partial charge in [0.05, 0.1) is 10.6 Å². The zero-order valence-corrected chi connectivity index (χ0v) is 13.6. The molecule has 112 valence electrons. The minimum absolute atomic E-state index is 0.0683. The van der Waals surface area contributed by atoms with Crippen molar-refractivity contribution in [2.24, 2.45) is 0 Å². The van der Waals surface area contributed by atoms with E-state index >= 15 is 0 Å². The van der Waals surface area contributed by atoms with Crippen LogP contribution < -0.4 is 5.32 Å². The summed E-state index contributed by atoms with van der Waals surface area (Å²) in [7, 11) is 3.46. The van der Waals surface area contributed by atoms with E-state index in [0.717, 1.165) is 31.4 Å². The second kappa shape index (κ2) is 8.15. The first-order chi connectivity index (χ1) is 9.49. The van der Waals surface area contributed by atoms with Crippen molar-refractivity contribution in [2.75, 3.05) is 19.4 Å². The molecule has 0 aliphatic carbocycles. The number of halogens is 1. The maximum Gasteiger partial charge on any atom is 0.254 e. The predicted octanol–water partition coefficient (Wildman–Crippen LogP) is 4.42. The average molecular weight is 297 g/mol. The highest BCUT2D eigenvalue weighted by Gasteiger charge is 2.14. The lowest BCUT2D eigenvalue weighted by atomic mass is 10.1. The number of hydrogen-bond donors (Lipinski definition) is 1. The molecule has 1 aromatic rings. The minimum atomic E-state index is -0.0683. The number of rotatable bonds is 7. The molecule has 3 nitrogen and oxygen atoms in total. The van der Waals surface area contributed by atoms with Gasteiger partial charge in [-0.3, -0.25) is 4.79 Å². The first-order valence-electron chi connectivity index (χ1n) is 7.27. The molecule has 0 saturated carbocycles. The Balaban J connectivity index is 2.91. The fourth-order valence-electron chi connectivity index (χ4n) is 2.24. The number of hydrogen-bond acceptors (Lipinski definition) is 2. The molecule has 0 fully saturated rings. The Morgan fingerprint density at radius 3 is 2.35 bits per heavy atom. The third-order valence-corrected chi connectivity index (χ3v) is 3.58. The number of anilines is 1. The van der Waals surface area contributed by atoms with Gasteiger partial charge in [-0.1, -0.05) is 38.3 Å². The van der Waals surface area contributed by atoms with Crippen LogP contribution in [0.1, 0.15) is 49.9 Å². The summed E-state index contributed by atoms with van der Waals surface area (Å²) in [6.07, 6.45) is 4.56. The minimum Gasteiger partial charge on any atom is -0.382 e. The van der Waals surface area contributed by atoms with Crippen molar-refractivity contribution in [1.82, 2.24) is 4.90 Å². The summed E-state index contributed by atoms with van der Waals surface area (Å²) < 4.78 is 0. The number of carbonyl (C=O) groups is 1. The zero-order chi connectivity index (χ0) is 15.1. The Morgan fingerprint density at radius 1 is 1.25 bits per heavy atom. The summed E-state index contributed by atoms with van der Waals surface area (Å²) in [5.41, 5.74) is 1.51. The van der Waals surface area contributed by atoms with Crippen molar-refractivity contribution in [1.29, 1.82) is 0 Å². The van der Waals surface area contributed by atoms with Crippen LogP contribution in [0.3, 0.4) is 0 Å². The number of amides is 1. The highest BCUT2D eigenvalue weighted by molar-refractivity contribution is 6.34. The molecule has 1 rings (SSSR count). The fourth-order valence-corrected chi connectivity index (χ4v) is 2.44. The smallest absolute Gasteiger partial charge is 0.254 e. The van der Waals surface area contributed by atoms with Gasteiger partial charge in [0.2, 0.25) is 0 Å². The molecule has 0 atom stereocenters. The Morgan fingerprint density at radius 2 is 1.85 bits per heavy atom. The Hall–Kier alpha value is -1.22. The van der Waals surface area contributed by atoms with Crippen LogP contribution >= 0.6 is 11.6 Å². The van der Waals surface area contributed by atoms with Crippen LogP contribution in [0.5, 0.6) is 0 Å². The van der Waals surface area contributed by atoms with E-state index in [2.05, 4.69) is 19.2 Å². The molecule has 1 N–H and O–H groups in total. The second-order valence-electron chi connectivity index (χ2n) is 5.31. The van der Waals surface area contributed by atoms with E-state index in [1.165, 1.54) is 0 Å². The van der Waals surface area contributed by atoms with Crippen LogP contribution in [0.25, 0.3) is 0 Å². The lowest BCUT2D eigenvalue weighted by Gasteiger charge is -2.20. The first-order valence-corrected chi connectivity index (χ1v) is 7.65. The van der Waals surface area contributed by atoms with Crippen LogP contribution in [0.2, 0.25) is 5.02 Å². The van der Waals surface area contributed by atoms with Gasteiger partial charge in [-0.25, -0.2) is 0 Å². The molecule has 0 unspecified atom stereocenters. The number of nitrogens with zero attached hydrogens (tertiary/aromatic N) is 1. The third kappa shape index (κ3) is 4.71. The molecule has 4 heteroatoms. The average Bonchev–Trinajstić information content (AvgIpc) is 2.40.